The number of carbonyl (C=O) groups excluding carboxylic acids is 2. The number of ether oxygens (including phenoxy) is 2. The third-order valence-corrected chi connectivity index (χ3v) is 2.22. The first-order valence-corrected chi connectivity index (χ1v) is 4.64. The molecule has 0 saturated carbocycles. The van der Waals surface area contributed by atoms with Gasteiger partial charge in [-0.25, -0.2) is 4.79 Å². The van der Waals surface area contributed by atoms with Crippen molar-refractivity contribution in [2.45, 2.75) is 25.4 Å². The van der Waals surface area contributed by atoms with Crippen molar-refractivity contribution < 1.29 is 24.2 Å². The zero-order valence-corrected chi connectivity index (χ0v) is 8.62. The Morgan fingerprint density at radius 2 is 2.40 bits per heavy atom. The largest absolute Gasteiger partial charge is 0.461 e. The van der Waals surface area contributed by atoms with Crippen LogP contribution in [0.5, 0.6) is 0 Å². The van der Waals surface area contributed by atoms with Crippen molar-refractivity contribution >= 4 is 11.9 Å². The highest BCUT2D eigenvalue weighted by molar-refractivity contribution is 5.88. The van der Waals surface area contributed by atoms with Gasteiger partial charge in [0.1, 0.15) is 12.2 Å². The Balaban J connectivity index is 2.53. The Bertz CT molecular complexity index is 284. The van der Waals surface area contributed by atoms with Crippen molar-refractivity contribution in [2.24, 2.45) is 0 Å². The molecule has 0 aliphatic carbocycles. The monoisotopic (exact) mass is 214 g/mol. The van der Waals surface area contributed by atoms with Crippen LogP contribution in [-0.4, -0.2) is 35.9 Å². The third-order valence-electron chi connectivity index (χ3n) is 2.22. The smallest absolute Gasteiger partial charge is 0.336 e. The summed E-state index contributed by atoms with van der Waals surface area (Å²) in [6.07, 6.45) is 0.658. The molecule has 1 aliphatic heterocycles. The molecule has 0 bridgehead atoms. The average molecular weight is 214 g/mol. The Morgan fingerprint density at radius 3 is 2.87 bits per heavy atom. The molecule has 84 valence electrons. The van der Waals surface area contributed by atoms with Crippen LogP contribution in [0.25, 0.3) is 0 Å². The maximum Gasteiger partial charge on any atom is 0.336 e. The fraction of sp³-hybridized carbons (Fsp3) is 0.600. The molecule has 0 spiro atoms. The standard InChI is InChI=1S/C10H14O5/c1-7(5-11)9(13)15-10(2)4-3-8(12)14-6-10/h11H,1,3-6H2,2H3. The van der Waals surface area contributed by atoms with Gasteiger partial charge < -0.3 is 14.6 Å². The van der Waals surface area contributed by atoms with Gasteiger partial charge in [-0.2, -0.15) is 0 Å². The Hall–Kier alpha value is -1.36. The minimum absolute atomic E-state index is 0.00637. The van der Waals surface area contributed by atoms with Crippen LogP contribution in [0.2, 0.25) is 0 Å². The van der Waals surface area contributed by atoms with Gasteiger partial charge in [0.15, 0.2) is 0 Å². The highest BCUT2D eigenvalue weighted by atomic mass is 16.6. The van der Waals surface area contributed by atoms with E-state index in [9.17, 15) is 9.59 Å². The molecule has 1 atom stereocenters. The van der Waals surface area contributed by atoms with E-state index in [0.717, 1.165) is 0 Å². The van der Waals surface area contributed by atoms with Crippen LogP contribution in [0.3, 0.4) is 0 Å². The van der Waals surface area contributed by atoms with Crippen LogP contribution in [0, 0.1) is 0 Å². The molecule has 1 unspecified atom stereocenters. The van der Waals surface area contributed by atoms with Gasteiger partial charge >= 0.3 is 11.9 Å². The molecule has 0 aromatic rings. The van der Waals surface area contributed by atoms with Gasteiger partial charge in [-0.05, 0) is 6.92 Å². The SMILES string of the molecule is C=C(CO)C(=O)OC1(C)CCC(=O)OC1. The van der Waals surface area contributed by atoms with Gasteiger partial charge in [-0.15, -0.1) is 0 Å². The summed E-state index contributed by atoms with van der Waals surface area (Å²) in [7, 11) is 0. The molecule has 0 aromatic carbocycles. The quantitative estimate of drug-likeness (QED) is 0.535. The summed E-state index contributed by atoms with van der Waals surface area (Å²) in [4.78, 5) is 22.1. The predicted octanol–water partition coefficient (Wildman–Crippen LogP) is 0.174. The molecule has 1 saturated heterocycles. The third kappa shape index (κ3) is 3.06. The average Bonchev–Trinajstić information content (AvgIpc) is 2.21. The summed E-state index contributed by atoms with van der Waals surface area (Å²) in [5.41, 5.74) is -0.809. The Kier molecular flexibility index (Phi) is 3.47. The fourth-order valence-electron chi connectivity index (χ4n) is 1.18. The second-order valence-electron chi connectivity index (χ2n) is 3.76. The van der Waals surface area contributed by atoms with E-state index in [-0.39, 0.29) is 24.6 Å². The first-order valence-electron chi connectivity index (χ1n) is 4.64. The summed E-state index contributed by atoms with van der Waals surface area (Å²) >= 11 is 0. The Labute approximate surface area is 87.7 Å². The second-order valence-corrected chi connectivity index (χ2v) is 3.76. The van der Waals surface area contributed by atoms with Gasteiger partial charge in [-0.3, -0.25) is 4.79 Å². The molecule has 15 heavy (non-hydrogen) atoms. The highest BCUT2D eigenvalue weighted by Crippen LogP contribution is 2.24. The topological polar surface area (TPSA) is 72.8 Å². The lowest BCUT2D eigenvalue weighted by molar-refractivity contribution is -0.177. The number of carbonyl (C=O) groups is 2. The van der Waals surface area contributed by atoms with Gasteiger partial charge in [0.2, 0.25) is 0 Å². The first-order chi connectivity index (χ1) is 6.97. The van der Waals surface area contributed by atoms with Crippen molar-refractivity contribution in [1.82, 2.24) is 0 Å². The van der Waals surface area contributed by atoms with Gasteiger partial charge in [0.05, 0.1) is 12.2 Å². The van der Waals surface area contributed by atoms with Crippen LogP contribution in [0.4, 0.5) is 0 Å². The van der Waals surface area contributed by atoms with E-state index in [2.05, 4.69) is 6.58 Å². The minimum Gasteiger partial charge on any atom is -0.461 e. The molecule has 1 fully saturated rings. The summed E-state index contributed by atoms with van der Waals surface area (Å²) < 4.78 is 9.90. The molecule has 0 radical (unpaired) electrons. The first kappa shape index (κ1) is 11.7. The van der Waals surface area contributed by atoms with Crippen LogP contribution >= 0.6 is 0 Å². The number of aliphatic hydroxyl groups excluding tert-OH is 1. The van der Waals surface area contributed by atoms with Crippen LogP contribution in [0.15, 0.2) is 12.2 Å². The highest BCUT2D eigenvalue weighted by Gasteiger charge is 2.35. The van der Waals surface area contributed by atoms with Crippen LogP contribution in [-0.2, 0) is 19.1 Å². The van der Waals surface area contributed by atoms with Crippen molar-refractivity contribution in [2.75, 3.05) is 13.2 Å². The summed E-state index contributed by atoms with van der Waals surface area (Å²) in [6.45, 7) is 4.65. The van der Waals surface area contributed by atoms with Gasteiger partial charge in [0, 0.05) is 12.8 Å². The van der Waals surface area contributed by atoms with E-state index < -0.39 is 18.2 Å². The van der Waals surface area contributed by atoms with E-state index in [1.807, 2.05) is 0 Å². The molecular formula is C10H14O5. The number of hydrogen-bond donors (Lipinski definition) is 1. The van der Waals surface area contributed by atoms with Crippen LogP contribution in [0.1, 0.15) is 19.8 Å². The van der Waals surface area contributed by atoms with E-state index >= 15 is 0 Å². The van der Waals surface area contributed by atoms with E-state index in [0.29, 0.717) is 6.42 Å². The molecule has 0 amide bonds. The zero-order chi connectivity index (χ0) is 11.5. The predicted molar refractivity (Wildman–Crippen MR) is 50.9 cm³/mol. The molecule has 1 rings (SSSR count). The lowest BCUT2D eigenvalue weighted by Crippen LogP contribution is -2.42. The summed E-state index contributed by atoms with van der Waals surface area (Å²) in [6, 6.07) is 0. The minimum atomic E-state index is -0.802. The Morgan fingerprint density at radius 1 is 1.73 bits per heavy atom. The lowest BCUT2D eigenvalue weighted by atomic mass is 9.98. The van der Waals surface area contributed by atoms with Crippen molar-refractivity contribution in [1.29, 1.82) is 0 Å². The number of cyclic esters (lactones) is 1. The van der Waals surface area contributed by atoms with Gasteiger partial charge in [-0.1, -0.05) is 6.58 Å². The summed E-state index contributed by atoms with van der Waals surface area (Å²) in [5, 5.41) is 8.67. The number of aliphatic hydroxyl groups is 1. The molecule has 5 nitrogen and oxygen atoms in total. The normalized spacial score (nSPS) is 25.6. The maximum atomic E-state index is 11.3. The molecule has 1 heterocycles. The van der Waals surface area contributed by atoms with Crippen molar-refractivity contribution in [3.8, 4) is 0 Å². The molecule has 0 aromatic heterocycles. The second kappa shape index (κ2) is 4.44. The van der Waals surface area contributed by atoms with Crippen LogP contribution < -0.4 is 0 Å². The molecule has 1 aliphatic rings. The van der Waals surface area contributed by atoms with Crippen molar-refractivity contribution in [3.05, 3.63) is 12.2 Å². The van der Waals surface area contributed by atoms with E-state index in [4.69, 9.17) is 14.6 Å². The van der Waals surface area contributed by atoms with Gasteiger partial charge in [0.25, 0.3) is 0 Å². The van der Waals surface area contributed by atoms with E-state index in [1.54, 1.807) is 6.92 Å². The zero-order valence-electron chi connectivity index (χ0n) is 8.62. The fourth-order valence-corrected chi connectivity index (χ4v) is 1.18. The molecular weight excluding hydrogens is 200 g/mol. The molecule has 1 N–H and O–H groups in total. The number of esters is 2. The molecule has 5 heteroatoms. The number of hydrogen-bond acceptors (Lipinski definition) is 5. The number of rotatable bonds is 3. The maximum absolute atomic E-state index is 11.3. The lowest BCUT2D eigenvalue weighted by Gasteiger charge is -2.32. The summed E-state index contributed by atoms with van der Waals surface area (Å²) in [5.74, 6) is -0.942. The van der Waals surface area contributed by atoms with Crippen molar-refractivity contribution in [3.63, 3.8) is 0 Å². The van der Waals surface area contributed by atoms with E-state index in [1.165, 1.54) is 0 Å².